The highest BCUT2D eigenvalue weighted by atomic mass is 127. The van der Waals surface area contributed by atoms with Crippen LogP contribution in [-0.2, 0) is 16.0 Å². The molecule has 2 heterocycles. The molecule has 2 N–H and O–H groups in total. The van der Waals surface area contributed by atoms with Crippen molar-refractivity contribution in [1.29, 1.82) is 0 Å². The van der Waals surface area contributed by atoms with Crippen molar-refractivity contribution < 1.29 is 18.6 Å². The molecule has 0 aromatic heterocycles. The van der Waals surface area contributed by atoms with Crippen molar-refractivity contribution in [1.82, 2.24) is 15.5 Å². The topological polar surface area (TPSA) is 67.4 Å². The number of hydrogen-bond donors (Lipinski definition) is 2. The number of benzene rings is 1. The molecular weight excluding hydrogens is 526 g/mol. The number of rotatable bonds is 9. The van der Waals surface area contributed by atoms with E-state index in [0.29, 0.717) is 17.9 Å². The van der Waals surface area contributed by atoms with Crippen LogP contribution >= 0.6 is 24.0 Å². The Morgan fingerprint density at radius 3 is 2.62 bits per heavy atom. The van der Waals surface area contributed by atoms with Crippen LogP contribution in [0.1, 0.15) is 37.7 Å². The fourth-order valence-corrected chi connectivity index (χ4v) is 4.06. The van der Waals surface area contributed by atoms with Gasteiger partial charge in [0.05, 0.1) is 13.2 Å². The summed E-state index contributed by atoms with van der Waals surface area (Å²) in [4.78, 5) is 6.72. The summed E-state index contributed by atoms with van der Waals surface area (Å²) < 4.78 is 30.2. The van der Waals surface area contributed by atoms with Gasteiger partial charge < -0.3 is 24.8 Å². The Bertz CT molecular complexity index is 696. The van der Waals surface area contributed by atoms with Crippen molar-refractivity contribution in [2.75, 3.05) is 53.6 Å². The number of ether oxygens (including phenoxy) is 3. The molecule has 32 heavy (non-hydrogen) atoms. The molecule has 2 aliphatic heterocycles. The zero-order valence-corrected chi connectivity index (χ0v) is 21.6. The summed E-state index contributed by atoms with van der Waals surface area (Å²) in [6.07, 6.45) is 5.38. The van der Waals surface area contributed by atoms with Crippen molar-refractivity contribution in [3.8, 4) is 5.75 Å². The van der Waals surface area contributed by atoms with E-state index in [4.69, 9.17) is 14.2 Å². The molecule has 1 aromatic carbocycles. The van der Waals surface area contributed by atoms with E-state index in [9.17, 15) is 4.39 Å². The molecule has 0 amide bonds. The molecule has 1 aromatic rings. The Morgan fingerprint density at radius 1 is 1.22 bits per heavy atom. The Hall–Kier alpha value is -1.17. The van der Waals surface area contributed by atoms with Gasteiger partial charge in [0.2, 0.25) is 0 Å². The maximum atomic E-state index is 13.9. The van der Waals surface area contributed by atoms with Gasteiger partial charge >= 0.3 is 0 Å². The van der Waals surface area contributed by atoms with Gasteiger partial charge in [-0.15, -0.1) is 24.0 Å². The fraction of sp³-hybridized carbons (Fsp3) is 0.696. The maximum absolute atomic E-state index is 13.9. The second kappa shape index (κ2) is 14.9. The number of nitrogens with zero attached hydrogens (tertiary/aromatic N) is 2. The molecule has 0 spiro atoms. The third-order valence-corrected chi connectivity index (χ3v) is 5.91. The van der Waals surface area contributed by atoms with Gasteiger partial charge in [0, 0.05) is 59.1 Å². The van der Waals surface area contributed by atoms with Gasteiger partial charge in [-0.1, -0.05) is 6.07 Å². The van der Waals surface area contributed by atoms with Gasteiger partial charge in [0.1, 0.15) is 0 Å². The molecule has 2 fully saturated rings. The molecule has 2 saturated heterocycles. The number of guanidine groups is 1. The van der Waals surface area contributed by atoms with E-state index in [1.54, 1.807) is 19.2 Å². The summed E-state index contributed by atoms with van der Waals surface area (Å²) in [6, 6.07) is 5.60. The van der Waals surface area contributed by atoms with E-state index in [2.05, 4.69) is 20.5 Å². The van der Waals surface area contributed by atoms with Crippen molar-refractivity contribution >= 4 is 29.9 Å². The highest BCUT2D eigenvalue weighted by Crippen LogP contribution is 2.20. The van der Waals surface area contributed by atoms with Crippen LogP contribution < -0.4 is 15.4 Å². The molecule has 0 bridgehead atoms. The molecule has 0 saturated carbocycles. The van der Waals surface area contributed by atoms with Crippen molar-refractivity contribution in [2.24, 2.45) is 4.99 Å². The Balaban J connectivity index is 0.00000363. The van der Waals surface area contributed by atoms with E-state index in [0.717, 1.165) is 89.6 Å². The van der Waals surface area contributed by atoms with Crippen LogP contribution in [0.5, 0.6) is 5.75 Å². The van der Waals surface area contributed by atoms with Crippen molar-refractivity contribution in [2.45, 2.75) is 50.8 Å². The van der Waals surface area contributed by atoms with E-state index >= 15 is 0 Å². The third kappa shape index (κ3) is 8.99. The molecule has 9 heteroatoms. The predicted octanol–water partition coefficient (Wildman–Crippen LogP) is 3.17. The fourth-order valence-electron chi connectivity index (χ4n) is 4.06. The van der Waals surface area contributed by atoms with Crippen molar-refractivity contribution in [3.05, 3.63) is 29.6 Å². The lowest BCUT2D eigenvalue weighted by molar-refractivity contribution is -0.0320. The zero-order valence-electron chi connectivity index (χ0n) is 19.3. The first-order valence-electron chi connectivity index (χ1n) is 11.4. The minimum atomic E-state index is -0.301. The maximum Gasteiger partial charge on any atom is 0.191 e. The smallest absolute Gasteiger partial charge is 0.191 e. The van der Waals surface area contributed by atoms with Crippen LogP contribution in [-0.4, -0.2) is 76.6 Å². The Labute approximate surface area is 208 Å². The molecule has 0 radical (unpaired) electrons. The minimum Gasteiger partial charge on any atom is -0.494 e. The SMILES string of the molecule is CN=C(NCCCOC1CCOCC1)NC1CCN(Cc2ccc(OC)c(F)c2)CC1.I. The summed E-state index contributed by atoms with van der Waals surface area (Å²) in [5.74, 6) is 0.840. The Kier molecular flexibility index (Phi) is 12.6. The largest absolute Gasteiger partial charge is 0.494 e. The van der Waals surface area contributed by atoms with Crippen LogP contribution in [0, 0.1) is 5.82 Å². The van der Waals surface area contributed by atoms with Gasteiger partial charge in [-0.3, -0.25) is 9.89 Å². The summed E-state index contributed by atoms with van der Waals surface area (Å²) >= 11 is 0. The second-order valence-corrected chi connectivity index (χ2v) is 8.20. The minimum absolute atomic E-state index is 0. The number of nitrogens with one attached hydrogen (secondary N) is 2. The third-order valence-electron chi connectivity index (χ3n) is 5.91. The van der Waals surface area contributed by atoms with Crippen LogP contribution in [0.2, 0.25) is 0 Å². The lowest BCUT2D eigenvalue weighted by Crippen LogP contribution is -2.48. The van der Waals surface area contributed by atoms with Crippen LogP contribution in [0.25, 0.3) is 0 Å². The van der Waals surface area contributed by atoms with Gasteiger partial charge in [-0.25, -0.2) is 4.39 Å². The molecule has 7 nitrogen and oxygen atoms in total. The van der Waals surface area contributed by atoms with Gasteiger partial charge in [-0.2, -0.15) is 0 Å². The number of hydrogen-bond acceptors (Lipinski definition) is 5. The predicted molar refractivity (Wildman–Crippen MR) is 136 cm³/mol. The Morgan fingerprint density at radius 2 is 1.97 bits per heavy atom. The van der Waals surface area contributed by atoms with E-state index in [1.807, 2.05) is 6.07 Å². The molecule has 2 aliphatic rings. The van der Waals surface area contributed by atoms with Gasteiger partial charge in [-0.05, 0) is 49.8 Å². The standard InChI is InChI=1S/C23H37FN4O3.HI/c1-25-23(26-10-3-13-31-20-8-14-30-15-9-20)27-19-6-11-28(12-7-19)17-18-4-5-22(29-2)21(24)16-18;/h4-5,16,19-20H,3,6-15,17H2,1-2H3,(H2,25,26,27);1H. The van der Waals surface area contributed by atoms with E-state index < -0.39 is 0 Å². The highest BCUT2D eigenvalue weighted by molar-refractivity contribution is 14.0. The first-order valence-corrected chi connectivity index (χ1v) is 11.4. The molecule has 182 valence electrons. The van der Waals surface area contributed by atoms with E-state index in [-0.39, 0.29) is 29.8 Å². The number of halogens is 2. The monoisotopic (exact) mass is 564 g/mol. The average molecular weight is 564 g/mol. The normalized spacial score (nSPS) is 18.8. The zero-order chi connectivity index (χ0) is 21.9. The summed E-state index contributed by atoms with van der Waals surface area (Å²) in [6.45, 7) is 5.94. The average Bonchev–Trinajstić information content (AvgIpc) is 2.80. The van der Waals surface area contributed by atoms with Gasteiger partial charge in [0.15, 0.2) is 17.5 Å². The number of methoxy groups -OCH3 is 1. The summed E-state index contributed by atoms with van der Waals surface area (Å²) in [7, 11) is 3.29. The molecule has 3 rings (SSSR count). The molecule has 0 atom stereocenters. The summed E-state index contributed by atoms with van der Waals surface area (Å²) in [5, 5.41) is 6.92. The lowest BCUT2D eigenvalue weighted by Gasteiger charge is -2.33. The molecule has 0 aliphatic carbocycles. The molecular formula is C23H38FIN4O3. The quantitative estimate of drug-likeness (QED) is 0.208. The van der Waals surface area contributed by atoms with E-state index in [1.165, 1.54) is 7.11 Å². The van der Waals surface area contributed by atoms with Crippen LogP contribution in [0.15, 0.2) is 23.2 Å². The number of likely N-dealkylation sites (tertiary alicyclic amines) is 1. The number of piperidine rings is 1. The molecule has 0 unspecified atom stereocenters. The summed E-state index contributed by atoms with van der Waals surface area (Å²) in [5.41, 5.74) is 0.977. The lowest BCUT2D eigenvalue weighted by atomic mass is 10.0. The van der Waals surface area contributed by atoms with Crippen molar-refractivity contribution in [3.63, 3.8) is 0 Å². The first-order chi connectivity index (χ1) is 15.2. The highest BCUT2D eigenvalue weighted by Gasteiger charge is 2.20. The number of aliphatic imine (C=N–C) groups is 1. The first kappa shape index (κ1) is 27.1. The van der Waals surface area contributed by atoms with Gasteiger partial charge in [0.25, 0.3) is 0 Å². The second-order valence-electron chi connectivity index (χ2n) is 8.20. The van der Waals surface area contributed by atoms with Crippen LogP contribution in [0.4, 0.5) is 4.39 Å². The van der Waals surface area contributed by atoms with Crippen LogP contribution in [0.3, 0.4) is 0 Å².